The smallest absolute Gasteiger partial charge is 0.302 e. The Balaban J connectivity index is -0.000000162. The second-order valence-corrected chi connectivity index (χ2v) is 2.94. The molecule has 0 bridgehead atoms. The average molecular weight is 236 g/mol. The minimum atomic E-state index is -0.211. The minimum absolute atomic E-state index is 0.167. The van der Waals surface area contributed by atoms with E-state index in [-0.39, 0.29) is 18.0 Å². The zero-order valence-corrected chi connectivity index (χ0v) is 11.1. The maximum atomic E-state index is 9.82. The van der Waals surface area contributed by atoms with Gasteiger partial charge in [0.05, 0.1) is 13.2 Å². The first kappa shape index (κ1) is 20.3. The molecule has 0 fully saturated rings. The van der Waals surface area contributed by atoms with E-state index in [9.17, 15) is 9.59 Å². The molecule has 0 aliphatic carbocycles. The van der Waals surface area contributed by atoms with Gasteiger partial charge in [0.2, 0.25) is 0 Å². The van der Waals surface area contributed by atoms with E-state index in [1.165, 1.54) is 13.8 Å². The van der Waals surface area contributed by atoms with E-state index < -0.39 is 0 Å². The van der Waals surface area contributed by atoms with E-state index in [0.717, 1.165) is 0 Å². The largest absolute Gasteiger partial charge is 0.466 e. The van der Waals surface area contributed by atoms with Crippen molar-refractivity contribution in [3.05, 3.63) is 0 Å². The maximum Gasteiger partial charge on any atom is 0.302 e. The molecule has 0 aromatic heterocycles. The van der Waals surface area contributed by atoms with Crippen molar-refractivity contribution in [2.24, 2.45) is 0 Å². The van der Waals surface area contributed by atoms with E-state index in [4.69, 9.17) is 5.11 Å². The number of hydrogen-bond acceptors (Lipinski definition) is 5. The van der Waals surface area contributed by atoms with E-state index in [1.807, 2.05) is 0 Å². The number of aliphatic hydroxyl groups excluding tert-OH is 1. The van der Waals surface area contributed by atoms with Gasteiger partial charge in [-0.2, -0.15) is 0 Å². The Morgan fingerprint density at radius 3 is 1.19 bits per heavy atom. The first-order chi connectivity index (χ1) is 7.27. The van der Waals surface area contributed by atoms with Crippen LogP contribution in [0.2, 0.25) is 0 Å². The molecule has 0 saturated carbocycles. The monoisotopic (exact) mass is 236 g/mol. The van der Waals surface area contributed by atoms with Crippen molar-refractivity contribution in [2.45, 2.75) is 47.6 Å². The molecule has 16 heavy (non-hydrogen) atoms. The van der Waals surface area contributed by atoms with Crippen LogP contribution in [-0.4, -0.2) is 36.4 Å². The summed E-state index contributed by atoms with van der Waals surface area (Å²) in [5, 5.41) is 8.06. The van der Waals surface area contributed by atoms with E-state index in [0.29, 0.717) is 13.2 Å². The molecule has 0 spiro atoms. The molecule has 98 valence electrons. The van der Waals surface area contributed by atoms with Crippen LogP contribution in [0.15, 0.2) is 0 Å². The Hall–Kier alpha value is -1.10. The van der Waals surface area contributed by atoms with Gasteiger partial charge in [-0.1, -0.05) is 0 Å². The second-order valence-electron chi connectivity index (χ2n) is 2.94. The zero-order chi connectivity index (χ0) is 13.6. The lowest BCUT2D eigenvalue weighted by Crippen LogP contribution is -1.95. The molecule has 5 nitrogen and oxygen atoms in total. The van der Waals surface area contributed by atoms with Crippen LogP contribution in [0.25, 0.3) is 0 Å². The molecule has 0 radical (unpaired) electrons. The van der Waals surface area contributed by atoms with Crippen LogP contribution in [0.5, 0.6) is 0 Å². The minimum Gasteiger partial charge on any atom is -0.466 e. The van der Waals surface area contributed by atoms with Gasteiger partial charge in [0.1, 0.15) is 0 Å². The van der Waals surface area contributed by atoms with E-state index in [1.54, 1.807) is 27.7 Å². The van der Waals surface area contributed by atoms with Gasteiger partial charge in [0, 0.05) is 20.0 Å². The fourth-order valence-corrected chi connectivity index (χ4v) is 0.407. The summed E-state index contributed by atoms with van der Waals surface area (Å²) in [6.07, 6.45) is -0.167. The third-order valence-electron chi connectivity index (χ3n) is 0.695. The Morgan fingerprint density at radius 2 is 1.19 bits per heavy atom. The normalized spacial score (nSPS) is 8.00. The predicted molar refractivity (Wildman–Crippen MR) is 62.0 cm³/mol. The van der Waals surface area contributed by atoms with Gasteiger partial charge >= 0.3 is 11.9 Å². The molecule has 0 heterocycles. The molecule has 5 heteroatoms. The molecule has 1 N–H and O–H groups in total. The zero-order valence-electron chi connectivity index (χ0n) is 11.1. The van der Waals surface area contributed by atoms with Gasteiger partial charge in [-0.05, 0) is 27.7 Å². The van der Waals surface area contributed by atoms with Crippen molar-refractivity contribution in [1.29, 1.82) is 0 Å². The number of esters is 2. The van der Waals surface area contributed by atoms with E-state index in [2.05, 4.69) is 9.47 Å². The summed E-state index contributed by atoms with van der Waals surface area (Å²) in [5.74, 6) is -0.421. The van der Waals surface area contributed by atoms with Crippen LogP contribution in [0.4, 0.5) is 0 Å². The summed E-state index contributed by atoms with van der Waals surface area (Å²) in [4.78, 5) is 19.6. The quantitative estimate of drug-likeness (QED) is 0.736. The summed E-state index contributed by atoms with van der Waals surface area (Å²) in [6.45, 7) is 10.8. The summed E-state index contributed by atoms with van der Waals surface area (Å²) < 4.78 is 8.81. The Labute approximate surface area is 97.7 Å². The standard InChI is InChI=1S/2C4H8O2.C3H8O/c2*1-3-6-4(2)5;1-3(2)4/h2*3H2,1-2H3;3-4H,1-2H3. The number of rotatable bonds is 2. The van der Waals surface area contributed by atoms with Gasteiger partial charge in [-0.25, -0.2) is 0 Å². The van der Waals surface area contributed by atoms with Gasteiger partial charge in [-0.3, -0.25) is 9.59 Å². The number of carbonyl (C=O) groups is 2. The van der Waals surface area contributed by atoms with Crippen molar-refractivity contribution >= 4 is 11.9 Å². The topological polar surface area (TPSA) is 72.8 Å². The molecule has 0 aromatic carbocycles. The molecule has 0 saturated heterocycles. The molecule has 0 aliphatic rings. The number of hydrogen-bond donors (Lipinski definition) is 1. The number of ether oxygens (including phenoxy) is 2. The number of aliphatic hydroxyl groups is 1. The summed E-state index contributed by atoms with van der Waals surface area (Å²) in [6, 6.07) is 0. The lowest BCUT2D eigenvalue weighted by atomic mass is 10.5. The van der Waals surface area contributed by atoms with Gasteiger partial charge in [0.15, 0.2) is 0 Å². The lowest BCUT2D eigenvalue weighted by Gasteiger charge is -1.89. The van der Waals surface area contributed by atoms with Crippen LogP contribution in [-0.2, 0) is 19.1 Å². The molecule has 0 unspecified atom stereocenters. The number of carbonyl (C=O) groups excluding carboxylic acids is 2. The first-order valence-corrected chi connectivity index (χ1v) is 5.22. The van der Waals surface area contributed by atoms with E-state index >= 15 is 0 Å². The maximum absolute atomic E-state index is 9.82. The Morgan fingerprint density at radius 1 is 1.00 bits per heavy atom. The fraction of sp³-hybridized carbons (Fsp3) is 0.818. The molecular weight excluding hydrogens is 212 g/mol. The Kier molecular flexibility index (Phi) is 20.8. The molecular formula is C11H24O5. The van der Waals surface area contributed by atoms with Crippen molar-refractivity contribution in [2.75, 3.05) is 13.2 Å². The highest BCUT2D eigenvalue weighted by Gasteiger charge is 1.82. The summed E-state index contributed by atoms with van der Waals surface area (Å²) >= 11 is 0. The van der Waals surface area contributed by atoms with Crippen molar-refractivity contribution in [3.63, 3.8) is 0 Å². The molecule has 0 aliphatic heterocycles. The van der Waals surface area contributed by atoms with Crippen LogP contribution >= 0.6 is 0 Å². The fourth-order valence-electron chi connectivity index (χ4n) is 0.407. The van der Waals surface area contributed by atoms with Crippen LogP contribution in [0.3, 0.4) is 0 Å². The molecule has 0 amide bonds. The molecule has 0 atom stereocenters. The second kappa shape index (κ2) is 16.3. The predicted octanol–water partition coefficient (Wildman–Crippen LogP) is 1.53. The summed E-state index contributed by atoms with van der Waals surface area (Å²) in [5.41, 5.74) is 0. The van der Waals surface area contributed by atoms with Crippen LogP contribution in [0, 0.1) is 0 Å². The molecule has 0 rings (SSSR count). The van der Waals surface area contributed by atoms with Gasteiger partial charge in [-0.15, -0.1) is 0 Å². The highest BCUT2D eigenvalue weighted by atomic mass is 16.5. The van der Waals surface area contributed by atoms with Gasteiger partial charge in [0.25, 0.3) is 0 Å². The SMILES string of the molecule is CC(C)O.CCOC(C)=O.CCOC(C)=O. The highest BCUT2D eigenvalue weighted by Crippen LogP contribution is 1.70. The van der Waals surface area contributed by atoms with Crippen LogP contribution < -0.4 is 0 Å². The highest BCUT2D eigenvalue weighted by molar-refractivity contribution is 5.66. The third-order valence-corrected chi connectivity index (χ3v) is 0.695. The van der Waals surface area contributed by atoms with Crippen LogP contribution in [0.1, 0.15) is 41.5 Å². The lowest BCUT2D eigenvalue weighted by molar-refractivity contribution is -0.141. The van der Waals surface area contributed by atoms with Crippen molar-refractivity contribution in [1.82, 2.24) is 0 Å². The van der Waals surface area contributed by atoms with Crippen molar-refractivity contribution in [3.8, 4) is 0 Å². The average Bonchev–Trinajstić information content (AvgIpc) is 2.02. The Bertz CT molecular complexity index is 147. The molecule has 0 aromatic rings. The summed E-state index contributed by atoms with van der Waals surface area (Å²) in [7, 11) is 0. The van der Waals surface area contributed by atoms with Gasteiger partial charge < -0.3 is 14.6 Å². The third kappa shape index (κ3) is 76.1. The first-order valence-electron chi connectivity index (χ1n) is 5.22. The van der Waals surface area contributed by atoms with Crippen molar-refractivity contribution < 1.29 is 24.2 Å².